The summed E-state index contributed by atoms with van der Waals surface area (Å²) in [6.45, 7) is -1.37. The molecule has 0 aromatic heterocycles. The largest absolute Gasteiger partial charge is 0.481 e. The van der Waals surface area contributed by atoms with Crippen LogP contribution >= 0.6 is 0 Å². The Kier molecular flexibility index (Phi) is 5.89. The van der Waals surface area contributed by atoms with Gasteiger partial charge in [0.25, 0.3) is 5.91 Å². The van der Waals surface area contributed by atoms with Crippen molar-refractivity contribution in [2.24, 2.45) is 5.92 Å². The molecule has 1 aromatic rings. The molecule has 0 aliphatic carbocycles. The molecule has 0 radical (unpaired) electrons. The van der Waals surface area contributed by atoms with Gasteiger partial charge in [0.1, 0.15) is 5.75 Å². The molecule has 0 aliphatic rings. The SMILES string of the molecule is CC(CCNC(=O)c1ccccc1OC(F)F)C(=O)O. The number of para-hydroxylation sites is 1. The molecule has 0 fully saturated rings. The van der Waals surface area contributed by atoms with Gasteiger partial charge in [0.2, 0.25) is 0 Å². The molecule has 1 unspecified atom stereocenters. The first kappa shape index (κ1) is 15.9. The van der Waals surface area contributed by atoms with Crippen LogP contribution in [0.1, 0.15) is 23.7 Å². The Morgan fingerprint density at radius 1 is 1.35 bits per heavy atom. The monoisotopic (exact) mass is 287 g/mol. The Hall–Kier alpha value is -2.18. The smallest absolute Gasteiger partial charge is 0.387 e. The van der Waals surface area contributed by atoms with Crippen LogP contribution in [-0.4, -0.2) is 30.1 Å². The van der Waals surface area contributed by atoms with Crippen LogP contribution in [-0.2, 0) is 4.79 Å². The van der Waals surface area contributed by atoms with Crippen molar-refractivity contribution in [2.75, 3.05) is 6.54 Å². The van der Waals surface area contributed by atoms with Crippen LogP contribution in [0.4, 0.5) is 8.78 Å². The number of rotatable bonds is 7. The van der Waals surface area contributed by atoms with E-state index in [9.17, 15) is 18.4 Å². The summed E-state index contributed by atoms with van der Waals surface area (Å²) in [5.41, 5.74) is -0.0178. The van der Waals surface area contributed by atoms with Crippen molar-refractivity contribution in [1.82, 2.24) is 5.32 Å². The fourth-order valence-electron chi connectivity index (χ4n) is 1.47. The number of carboxylic acids is 1. The molecular formula is C13H15F2NO4. The van der Waals surface area contributed by atoms with Gasteiger partial charge in [0.15, 0.2) is 0 Å². The normalized spacial score (nSPS) is 12.0. The van der Waals surface area contributed by atoms with Crippen LogP contribution < -0.4 is 10.1 Å². The highest BCUT2D eigenvalue weighted by molar-refractivity contribution is 5.96. The summed E-state index contributed by atoms with van der Waals surface area (Å²) in [7, 11) is 0. The van der Waals surface area contributed by atoms with E-state index in [1.54, 1.807) is 0 Å². The van der Waals surface area contributed by atoms with Crippen LogP contribution in [0.2, 0.25) is 0 Å². The van der Waals surface area contributed by atoms with Crippen molar-refractivity contribution in [3.05, 3.63) is 29.8 Å². The van der Waals surface area contributed by atoms with Gasteiger partial charge < -0.3 is 15.2 Å². The van der Waals surface area contributed by atoms with Crippen molar-refractivity contribution < 1.29 is 28.2 Å². The molecule has 0 heterocycles. The lowest BCUT2D eigenvalue weighted by atomic mass is 10.1. The summed E-state index contributed by atoms with van der Waals surface area (Å²) in [5, 5.41) is 11.2. The predicted octanol–water partition coefficient (Wildman–Crippen LogP) is 2.13. The van der Waals surface area contributed by atoms with Crippen LogP contribution in [0.5, 0.6) is 5.75 Å². The van der Waals surface area contributed by atoms with E-state index in [4.69, 9.17) is 5.11 Å². The molecule has 0 aliphatic heterocycles. The quantitative estimate of drug-likeness (QED) is 0.805. The maximum atomic E-state index is 12.2. The van der Waals surface area contributed by atoms with Gasteiger partial charge in [-0.1, -0.05) is 19.1 Å². The molecule has 0 saturated heterocycles. The van der Waals surface area contributed by atoms with Crippen LogP contribution in [0.15, 0.2) is 24.3 Å². The topological polar surface area (TPSA) is 75.6 Å². The number of carboxylic acid groups (broad SMARTS) is 1. The fraction of sp³-hybridized carbons (Fsp3) is 0.385. The second-order valence-electron chi connectivity index (χ2n) is 4.16. The van der Waals surface area contributed by atoms with E-state index >= 15 is 0 Å². The third-order valence-electron chi connectivity index (χ3n) is 2.63. The molecule has 1 rings (SSSR count). The molecule has 1 aromatic carbocycles. The molecule has 1 atom stereocenters. The van der Waals surface area contributed by atoms with Gasteiger partial charge in [-0.25, -0.2) is 0 Å². The van der Waals surface area contributed by atoms with E-state index in [1.807, 2.05) is 0 Å². The van der Waals surface area contributed by atoms with E-state index in [-0.39, 0.29) is 24.3 Å². The van der Waals surface area contributed by atoms with Gasteiger partial charge in [0.05, 0.1) is 11.5 Å². The average molecular weight is 287 g/mol. The highest BCUT2D eigenvalue weighted by atomic mass is 19.3. The van der Waals surface area contributed by atoms with E-state index in [0.29, 0.717) is 0 Å². The van der Waals surface area contributed by atoms with Crippen LogP contribution in [0.25, 0.3) is 0 Å². The number of carbonyl (C=O) groups is 2. The van der Waals surface area contributed by atoms with E-state index in [0.717, 1.165) is 0 Å². The molecule has 0 spiro atoms. The van der Waals surface area contributed by atoms with Crippen molar-refractivity contribution in [3.63, 3.8) is 0 Å². The summed E-state index contributed by atoms with van der Waals surface area (Å²) in [6.07, 6.45) is 0.249. The first-order valence-corrected chi connectivity index (χ1v) is 5.96. The number of nitrogens with one attached hydrogen (secondary N) is 1. The van der Waals surface area contributed by atoms with Gasteiger partial charge in [0, 0.05) is 6.54 Å². The predicted molar refractivity (Wildman–Crippen MR) is 66.8 cm³/mol. The van der Waals surface area contributed by atoms with Crippen molar-refractivity contribution in [3.8, 4) is 5.75 Å². The van der Waals surface area contributed by atoms with E-state index < -0.39 is 24.4 Å². The Morgan fingerprint density at radius 3 is 2.60 bits per heavy atom. The Labute approximate surface area is 114 Å². The number of halogens is 2. The standard InChI is InChI=1S/C13H15F2NO4/c1-8(12(18)19)6-7-16-11(17)9-4-2-3-5-10(9)20-13(14)15/h2-5,8,13H,6-7H2,1H3,(H,16,17)(H,18,19). The lowest BCUT2D eigenvalue weighted by Crippen LogP contribution is -2.27. The molecule has 5 nitrogen and oxygen atoms in total. The van der Waals surface area contributed by atoms with Crippen LogP contribution in [0.3, 0.4) is 0 Å². The molecule has 0 saturated carbocycles. The van der Waals surface area contributed by atoms with Crippen LogP contribution in [0, 0.1) is 5.92 Å². The average Bonchev–Trinajstić information content (AvgIpc) is 2.38. The van der Waals surface area contributed by atoms with Crippen molar-refractivity contribution in [2.45, 2.75) is 20.0 Å². The number of hydrogen-bond acceptors (Lipinski definition) is 3. The number of alkyl halides is 2. The molecule has 2 N–H and O–H groups in total. The van der Waals surface area contributed by atoms with Gasteiger partial charge in [-0.2, -0.15) is 8.78 Å². The summed E-state index contributed by atoms with van der Waals surface area (Å²) in [6, 6.07) is 5.61. The highest BCUT2D eigenvalue weighted by Crippen LogP contribution is 2.20. The highest BCUT2D eigenvalue weighted by Gasteiger charge is 2.16. The molecule has 110 valence electrons. The number of amides is 1. The number of hydrogen-bond donors (Lipinski definition) is 2. The lowest BCUT2D eigenvalue weighted by molar-refractivity contribution is -0.141. The van der Waals surface area contributed by atoms with Gasteiger partial charge in [-0.3, -0.25) is 9.59 Å². The third-order valence-corrected chi connectivity index (χ3v) is 2.63. The van der Waals surface area contributed by atoms with Gasteiger partial charge in [-0.05, 0) is 18.6 Å². The lowest BCUT2D eigenvalue weighted by Gasteiger charge is -2.11. The molecular weight excluding hydrogens is 272 g/mol. The van der Waals surface area contributed by atoms with E-state index in [2.05, 4.69) is 10.1 Å². The second kappa shape index (κ2) is 7.42. The Morgan fingerprint density at radius 2 is 2.00 bits per heavy atom. The first-order chi connectivity index (χ1) is 9.41. The van der Waals surface area contributed by atoms with Gasteiger partial charge in [-0.15, -0.1) is 0 Å². The zero-order valence-corrected chi connectivity index (χ0v) is 10.8. The number of benzene rings is 1. The third kappa shape index (κ3) is 4.83. The minimum atomic E-state index is -3.02. The molecule has 0 bridgehead atoms. The van der Waals surface area contributed by atoms with Crippen molar-refractivity contribution >= 4 is 11.9 Å². The molecule has 7 heteroatoms. The molecule has 20 heavy (non-hydrogen) atoms. The summed E-state index contributed by atoms with van der Waals surface area (Å²) in [4.78, 5) is 22.4. The van der Waals surface area contributed by atoms with Crippen molar-refractivity contribution in [1.29, 1.82) is 0 Å². The van der Waals surface area contributed by atoms with Gasteiger partial charge >= 0.3 is 12.6 Å². The fourth-order valence-corrected chi connectivity index (χ4v) is 1.47. The summed E-state index contributed by atoms with van der Waals surface area (Å²) < 4.78 is 28.6. The second-order valence-corrected chi connectivity index (χ2v) is 4.16. The maximum absolute atomic E-state index is 12.2. The minimum absolute atomic E-state index is 0.0178. The number of ether oxygens (including phenoxy) is 1. The number of aliphatic carboxylic acids is 1. The molecule has 1 amide bonds. The Bertz CT molecular complexity index is 479. The minimum Gasteiger partial charge on any atom is -0.481 e. The van der Waals surface area contributed by atoms with E-state index in [1.165, 1.54) is 31.2 Å². The summed E-state index contributed by atoms with van der Waals surface area (Å²) >= 11 is 0. The number of carbonyl (C=O) groups excluding carboxylic acids is 1. The Balaban J connectivity index is 2.61. The zero-order chi connectivity index (χ0) is 15.1. The maximum Gasteiger partial charge on any atom is 0.387 e. The summed E-state index contributed by atoms with van der Waals surface area (Å²) in [5.74, 6) is -2.35. The zero-order valence-electron chi connectivity index (χ0n) is 10.8. The first-order valence-electron chi connectivity index (χ1n) is 5.96.